The Balaban J connectivity index is 1.95. The van der Waals surface area contributed by atoms with Gasteiger partial charge >= 0.3 is 0 Å². The Morgan fingerprint density at radius 1 is 1.25 bits per heavy atom. The topological polar surface area (TPSA) is 45.2 Å². The molecule has 110 valence electrons. The normalized spacial score (nSPS) is 16.1. The molecule has 1 N–H and O–H groups in total. The summed E-state index contributed by atoms with van der Waals surface area (Å²) in [6, 6.07) is 3.76. The Hall–Kier alpha value is -1.58. The van der Waals surface area contributed by atoms with Crippen molar-refractivity contribution in [3.05, 3.63) is 24.0 Å². The quantitative estimate of drug-likeness (QED) is 0.921. The number of nitrogens with zero attached hydrogens (tertiary/aromatic N) is 2. The summed E-state index contributed by atoms with van der Waals surface area (Å²) in [6.45, 7) is 9.16. The first-order valence-electron chi connectivity index (χ1n) is 7.45. The minimum absolute atomic E-state index is 0.0621. The molecule has 1 aromatic heterocycles. The van der Waals surface area contributed by atoms with Crippen molar-refractivity contribution in [2.75, 3.05) is 25.0 Å². The van der Waals surface area contributed by atoms with Crippen molar-refractivity contribution >= 4 is 11.6 Å². The van der Waals surface area contributed by atoms with Gasteiger partial charge < -0.3 is 10.2 Å². The number of pyridine rings is 1. The highest BCUT2D eigenvalue weighted by molar-refractivity contribution is 5.92. The first-order valence-corrected chi connectivity index (χ1v) is 7.45. The predicted molar refractivity (Wildman–Crippen MR) is 81.9 cm³/mol. The van der Waals surface area contributed by atoms with Crippen LogP contribution >= 0.6 is 0 Å². The summed E-state index contributed by atoms with van der Waals surface area (Å²) in [5.41, 5.74) is 1.74. The van der Waals surface area contributed by atoms with E-state index in [0.717, 1.165) is 38.2 Å². The lowest BCUT2D eigenvalue weighted by molar-refractivity contribution is 0.0718. The van der Waals surface area contributed by atoms with Crippen LogP contribution in [0, 0.1) is 5.41 Å². The van der Waals surface area contributed by atoms with Crippen LogP contribution in [0.4, 0.5) is 5.69 Å². The molecular weight excluding hydrogens is 250 g/mol. The third kappa shape index (κ3) is 4.22. The average Bonchev–Trinajstić information content (AvgIpc) is 2.45. The van der Waals surface area contributed by atoms with E-state index in [-0.39, 0.29) is 11.3 Å². The maximum Gasteiger partial charge on any atom is 0.272 e. The maximum atomic E-state index is 12.3. The molecular formula is C16H25N3O. The van der Waals surface area contributed by atoms with Crippen LogP contribution in [0.25, 0.3) is 0 Å². The summed E-state index contributed by atoms with van der Waals surface area (Å²) in [4.78, 5) is 18.5. The molecule has 0 spiro atoms. The van der Waals surface area contributed by atoms with Crippen LogP contribution in [-0.2, 0) is 0 Å². The Bertz CT molecular complexity index is 442. The van der Waals surface area contributed by atoms with Gasteiger partial charge in [-0.15, -0.1) is 0 Å². The molecule has 0 radical (unpaired) electrons. The van der Waals surface area contributed by atoms with Gasteiger partial charge in [-0.3, -0.25) is 4.79 Å². The van der Waals surface area contributed by atoms with Gasteiger partial charge in [-0.1, -0.05) is 20.8 Å². The predicted octanol–water partition coefficient (Wildman–Crippen LogP) is 3.17. The van der Waals surface area contributed by atoms with E-state index in [1.54, 1.807) is 6.20 Å². The fraction of sp³-hybridized carbons (Fsp3) is 0.625. The lowest BCUT2D eigenvalue weighted by Gasteiger charge is -2.26. The second-order valence-corrected chi connectivity index (χ2v) is 6.70. The molecule has 4 heteroatoms. The number of piperidine rings is 1. The van der Waals surface area contributed by atoms with Gasteiger partial charge in [0.2, 0.25) is 0 Å². The van der Waals surface area contributed by atoms with Crippen LogP contribution < -0.4 is 5.32 Å². The average molecular weight is 275 g/mol. The number of amides is 1. The largest absolute Gasteiger partial charge is 0.383 e. The molecule has 0 aromatic carbocycles. The van der Waals surface area contributed by atoms with Crippen molar-refractivity contribution in [1.82, 2.24) is 9.88 Å². The highest BCUT2D eigenvalue weighted by Crippen LogP contribution is 2.16. The van der Waals surface area contributed by atoms with Gasteiger partial charge in [-0.05, 0) is 36.8 Å². The van der Waals surface area contributed by atoms with E-state index in [9.17, 15) is 4.79 Å². The molecule has 0 saturated carbocycles. The summed E-state index contributed by atoms with van der Waals surface area (Å²) < 4.78 is 0. The van der Waals surface area contributed by atoms with Crippen LogP contribution in [0.15, 0.2) is 18.3 Å². The second-order valence-electron chi connectivity index (χ2n) is 6.70. The number of hydrogen-bond acceptors (Lipinski definition) is 3. The van der Waals surface area contributed by atoms with E-state index < -0.39 is 0 Å². The molecule has 0 atom stereocenters. The van der Waals surface area contributed by atoms with Crippen LogP contribution in [0.2, 0.25) is 0 Å². The number of carbonyl (C=O) groups is 1. The lowest BCUT2D eigenvalue weighted by atomic mass is 9.97. The van der Waals surface area contributed by atoms with Gasteiger partial charge in [0, 0.05) is 19.6 Å². The molecule has 1 amide bonds. The molecule has 2 rings (SSSR count). The van der Waals surface area contributed by atoms with E-state index in [4.69, 9.17) is 0 Å². The number of hydrogen-bond donors (Lipinski definition) is 1. The van der Waals surface area contributed by atoms with Crippen molar-refractivity contribution in [1.29, 1.82) is 0 Å². The Labute approximate surface area is 121 Å². The molecule has 20 heavy (non-hydrogen) atoms. The Kier molecular flexibility index (Phi) is 4.63. The highest BCUT2D eigenvalue weighted by Gasteiger charge is 2.19. The molecule has 1 aliphatic rings. The van der Waals surface area contributed by atoms with Gasteiger partial charge in [-0.2, -0.15) is 0 Å². The second kappa shape index (κ2) is 6.25. The summed E-state index contributed by atoms with van der Waals surface area (Å²) >= 11 is 0. The minimum Gasteiger partial charge on any atom is -0.383 e. The van der Waals surface area contributed by atoms with Crippen molar-refractivity contribution in [2.24, 2.45) is 5.41 Å². The summed E-state index contributed by atoms with van der Waals surface area (Å²) in [7, 11) is 0. The zero-order valence-electron chi connectivity index (χ0n) is 12.8. The van der Waals surface area contributed by atoms with Gasteiger partial charge in [-0.25, -0.2) is 4.98 Å². The van der Waals surface area contributed by atoms with E-state index in [2.05, 4.69) is 31.1 Å². The molecule has 1 saturated heterocycles. The van der Waals surface area contributed by atoms with E-state index in [1.807, 2.05) is 17.0 Å². The Morgan fingerprint density at radius 3 is 2.50 bits per heavy atom. The lowest BCUT2D eigenvalue weighted by Crippen LogP contribution is -2.36. The smallest absolute Gasteiger partial charge is 0.272 e. The third-order valence-corrected chi connectivity index (χ3v) is 3.45. The van der Waals surface area contributed by atoms with Gasteiger partial charge in [0.15, 0.2) is 0 Å². The van der Waals surface area contributed by atoms with E-state index >= 15 is 0 Å². The highest BCUT2D eigenvalue weighted by atomic mass is 16.2. The fourth-order valence-electron chi connectivity index (χ4n) is 2.25. The zero-order valence-corrected chi connectivity index (χ0v) is 12.8. The first-order chi connectivity index (χ1) is 9.46. The molecule has 0 unspecified atom stereocenters. The van der Waals surface area contributed by atoms with Crippen LogP contribution in [0.1, 0.15) is 50.5 Å². The number of likely N-dealkylation sites (tertiary alicyclic amines) is 1. The standard InChI is InChI=1S/C16H25N3O/c1-16(2,3)12-18-13-7-8-14(17-11-13)15(20)19-9-5-4-6-10-19/h7-8,11,18H,4-6,9-10,12H2,1-3H3. The van der Waals surface area contributed by atoms with Gasteiger partial charge in [0.05, 0.1) is 11.9 Å². The third-order valence-electron chi connectivity index (χ3n) is 3.45. The molecule has 0 aliphatic carbocycles. The van der Waals surface area contributed by atoms with Crippen molar-refractivity contribution < 1.29 is 4.79 Å². The minimum atomic E-state index is 0.0621. The SMILES string of the molecule is CC(C)(C)CNc1ccc(C(=O)N2CCCCC2)nc1. The number of nitrogens with one attached hydrogen (secondary N) is 1. The maximum absolute atomic E-state index is 12.3. The van der Waals surface area contributed by atoms with Crippen LogP contribution in [-0.4, -0.2) is 35.4 Å². The van der Waals surface area contributed by atoms with Gasteiger partial charge in [0.1, 0.15) is 5.69 Å². The Morgan fingerprint density at radius 2 is 1.95 bits per heavy atom. The van der Waals surface area contributed by atoms with Crippen molar-refractivity contribution in [3.8, 4) is 0 Å². The molecule has 1 fully saturated rings. The van der Waals surface area contributed by atoms with E-state index in [1.165, 1.54) is 6.42 Å². The molecule has 0 bridgehead atoms. The monoisotopic (exact) mass is 275 g/mol. The zero-order chi connectivity index (χ0) is 14.6. The number of carbonyl (C=O) groups excluding carboxylic acids is 1. The number of aromatic nitrogens is 1. The first kappa shape index (κ1) is 14.8. The van der Waals surface area contributed by atoms with E-state index in [0.29, 0.717) is 5.69 Å². The fourth-order valence-corrected chi connectivity index (χ4v) is 2.25. The molecule has 4 nitrogen and oxygen atoms in total. The van der Waals surface area contributed by atoms with Crippen molar-refractivity contribution in [2.45, 2.75) is 40.0 Å². The molecule has 2 heterocycles. The summed E-state index contributed by atoms with van der Waals surface area (Å²) in [5, 5.41) is 3.34. The number of rotatable bonds is 3. The molecule has 1 aliphatic heterocycles. The number of anilines is 1. The van der Waals surface area contributed by atoms with Crippen LogP contribution in [0.5, 0.6) is 0 Å². The van der Waals surface area contributed by atoms with Crippen molar-refractivity contribution in [3.63, 3.8) is 0 Å². The van der Waals surface area contributed by atoms with Gasteiger partial charge in [0.25, 0.3) is 5.91 Å². The molecule has 1 aromatic rings. The summed E-state index contributed by atoms with van der Waals surface area (Å²) in [5.74, 6) is 0.0621. The summed E-state index contributed by atoms with van der Waals surface area (Å²) in [6.07, 6.45) is 5.20. The van der Waals surface area contributed by atoms with Crippen LogP contribution in [0.3, 0.4) is 0 Å².